The number of benzene rings is 1. The lowest BCUT2D eigenvalue weighted by Gasteiger charge is -2.35. The number of primary amides is 1. The Morgan fingerprint density at radius 1 is 1.27 bits per heavy atom. The van der Waals surface area contributed by atoms with Gasteiger partial charge in [0.25, 0.3) is 0 Å². The molecule has 2 aromatic rings. The first kappa shape index (κ1) is 14.7. The zero-order chi connectivity index (χ0) is 15.4. The van der Waals surface area contributed by atoms with Gasteiger partial charge in [0.1, 0.15) is 12.7 Å². The van der Waals surface area contributed by atoms with Crippen molar-refractivity contribution in [1.82, 2.24) is 19.7 Å². The van der Waals surface area contributed by atoms with Gasteiger partial charge in [0.2, 0.25) is 5.91 Å². The van der Waals surface area contributed by atoms with Crippen molar-refractivity contribution in [3.63, 3.8) is 0 Å². The molecule has 0 saturated carbocycles. The average Bonchev–Trinajstić information content (AvgIpc) is 3.03. The summed E-state index contributed by atoms with van der Waals surface area (Å²) in [5.41, 5.74) is 7.04. The van der Waals surface area contributed by atoms with Gasteiger partial charge in [-0.15, -0.1) is 0 Å². The molecule has 116 valence electrons. The number of hydrogen-bond acceptors (Lipinski definition) is 4. The van der Waals surface area contributed by atoms with Crippen molar-refractivity contribution in [3.05, 3.63) is 48.0 Å². The third kappa shape index (κ3) is 3.51. The third-order valence-electron chi connectivity index (χ3n) is 4.24. The predicted octanol–water partition coefficient (Wildman–Crippen LogP) is 1.43. The smallest absolute Gasteiger partial charge is 0.248 e. The highest BCUT2D eigenvalue weighted by molar-refractivity contribution is 5.92. The quantitative estimate of drug-likeness (QED) is 0.906. The minimum atomic E-state index is -0.381. The van der Waals surface area contributed by atoms with Gasteiger partial charge >= 0.3 is 0 Å². The average molecular weight is 299 g/mol. The van der Waals surface area contributed by atoms with Gasteiger partial charge in [-0.2, -0.15) is 5.10 Å². The van der Waals surface area contributed by atoms with Crippen molar-refractivity contribution in [2.75, 3.05) is 6.54 Å². The first-order valence-corrected chi connectivity index (χ1v) is 7.67. The molecule has 1 amide bonds. The largest absolute Gasteiger partial charge is 0.366 e. The van der Waals surface area contributed by atoms with Crippen LogP contribution in [0.25, 0.3) is 0 Å². The number of aromatic nitrogens is 3. The summed E-state index contributed by atoms with van der Waals surface area (Å²) in [6.45, 7) is 2.86. The van der Waals surface area contributed by atoms with Crippen LogP contribution in [0.3, 0.4) is 0 Å². The molecule has 3 rings (SSSR count). The van der Waals surface area contributed by atoms with E-state index in [1.807, 2.05) is 16.8 Å². The van der Waals surface area contributed by atoms with E-state index in [0.717, 1.165) is 19.6 Å². The Bertz CT molecular complexity index is 608. The van der Waals surface area contributed by atoms with E-state index in [-0.39, 0.29) is 5.91 Å². The van der Waals surface area contributed by atoms with E-state index in [2.05, 4.69) is 15.0 Å². The maximum Gasteiger partial charge on any atom is 0.248 e. The van der Waals surface area contributed by atoms with Crippen LogP contribution in [0.5, 0.6) is 0 Å². The Morgan fingerprint density at radius 2 is 2.09 bits per heavy atom. The minimum absolute atomic E-state index is 0.381. The fourth-order valence-electron chi connectivity index (χ4n) is 3.03. The summed E-state index contributed by atoms with van der Waals surface area (Å²) in [7, 11) is 0. The molecule has 1 saturated heterocycles. The van der Waals surface area contributed by atoms with Crippen LogP contribution in [-0.2, 0) is 13.1 Å². The van der Waals surface area contributed by atoms with Crippen LogP contribution in [0.1, 0.15) is 35.2 Å². The Labute approximate surface area is 129 Å². The molecule has 0 spiro atoms. The molecule has 0 aliphatic carbocycles. The van der Waals surface area contributed by atoms with Crippen LogP contribution in [0.4, 0.5) is 0 Å². The van der Waals surface area contributed by atoms with Crippen LogP contribution in [0, 0.1) is 0 Å². The van der Waals surface area contributed by atoms with Crippen LogP contribution in [-0.4, -0.2) is 38.2 Å². The van der Waals surface area contributed by atoms with E-state index >= 15 is 0 Å². The van der Waals surface area contributed by atoms with Crippen LogP contribution in [0.2, 0.25) is 0 Å². The van der Waals surface area contributed by atoms with Crippen LogP contribution < -0.4 is 5.73 Å². The van der Waals surface area contributed by atoms with Gasteiger partial charge in [-0.1, -0.05) is 18.6 Å². The highest BCUT2D eigenvalue weighted by Crippen LogP contribution is 2.21. The monoisotopic (exact) mass is 299 g/mol. The Hall–Kier alpha value is -2.21. The molecule has 22 heavy (non-hydrogen) atoms. The summed E-state index contributed by atoms with van der Waals surface area (Å²) in [4.78, 5) is 17.6. The highest BCUT2D eigenvalue weighted by Gasteiger charge is 2.23. The molecule has 1 unspecified atom stereocenters. The number of rotatable bonds is 5. The number of carbonyl (C=O) groups excluding carboxylic acids is 1. The Morgan fingerprint density at radius 3 is 2.77 bits per heavy atom. The van der Waals surface area contributed by atoms with E-state index in [9.17, 15) is 4.79 Å². The van der Waals surface area contributed by atoms with E-state index < -0.39 is 0 Å². The normalized spacial score (nSPS) is 19.2. The van der Waals surface area contributed by atoms with Crippen LogP contribution in [0.15, 0.2) is 36.9 Å². The lowest BCUT2D eigenvalue weighted by Crippen LogP contribution is -2.41. The number of nitrogens with two attached hydrogens (primary N) is 1. The molecule has 1 atom stereocenters. The molecule has 1 fully saturated rings. The number of piperidine rings is 1. The molecule has 1 aromatic heterocycles. The summed E-state index contributed by atoms with van der Waals surface area (Å²) in [6, 6.07) is 8.05. The topological polar surface area (TPSA) is 77.0 Å². The third-order valence-corrected chi connectivity index (χ3v) is 4.24. The molecular weight excluding hydrogens is 278 g/mol. The summed E-state index contributed by atoms with van der Waals surface area (Å²) in [5, 5.41) is 4.21. The standard InChI is InChI=1S/C16H21N5O/c17-16(22)14-6-4-13(5-7-14)9-20-8-2-1-3-15(20)10-21-12-18-11-19-21/h4-7,11-12,15H,1-3,8-10H2,(H2,17,22). The zero-order valence-electron chi connectivity index (χ0n) is 12.6. The molecule has 6 nitrogen and oxygen atoms in total. The van der Waals surface area contributed by atoms with E-state index in [4.69, 9.17) is 5.73 Å². The first-order chi connectivity index (χ1) is 10.7. The fourth-order valence-corrected chi connectivity index (χ4v) is 3.03. The van der Waals surface area contributed by atoms with E-state index in [1.165, 1.54) is 24.8 Å². The second kappa shape index (κ2) is 6.70. The van der Waals surface area contributed by atoms with Gasteiger partial charge in [0.05, 0.1) is 6.54 Å². The first-order valence-electron chi connectivity index (χ1n) is 7.67. The minimum Gasteiger partial charge on any atom is -0.366 e. The van der Waals surface area contributed by atoms with Gasteiger partial charge in [0.15, 0.2) is 0 Å². The van der Waals surface area contributed by atoms with Gasteiger partial charge in [-0.25, -0.2) is 4.98 Å². The van der Waals surface area contributed by atoms with Gasteiger partial charge < -0.3 is 5.73 Å². The van der Waals surface area contributed by atoms with Crippen molar-refractivity contribution >= 4 is 5.91 Å². The molecule has 0 radical (unpaired) electrons. The van der Waals surface area contributed by atoms with Gasteiger partial charge in [0, 0.05) is 18.2 Å². The number of hydrogen-bond donors (Lipinski definition) is 1. The molecule has 1 aliphatic rings. The molecular formula is C16H21N5O. The summed E-state index contributed by atoms with van der Waals surface area (Å²) < 4.78 is 1.90. The van der Waals surface area contributed by atoms with E-state index in [1.54, 1.807) is 24.8 Å². The molecule has 1 aliphatic heterocycles. The van der Waals surface area contributed by atoms with Gasteiger partial charge in [-0.3, -0.25) is 14.4 Å². The maximum atomic E-state index is 11.1. The zero-order valence-corrected chi connectivity index (χ0v) is 12.6. The fraction of sp³-hybridized carbons (Fsp3) is 0.438. The molecule has 6 heteroatoms. The molecule has 0 bridgehead atoms. The summed E-state index contributed by atoms with van der Waals surface area (Å²) in [5.74, 6) is -0.381. The second-order valence-corrected chi connectivity index (χ2v) is 5.80. The SMILES string of the molecule is NC(=O)c1ccc(CN2CCCCC2Cn2cncn2)cc1. The van der Waals surface area contributed by atoms with Crippen molar-refractivity contribution in [2.45, 2.75) is 38.4 Å². The lowest BCUT2D eigenvalue weighted by atomic mass is 10.0. The van der Waals surface area contributed by atoms with Crippen molar-refractivity contribution in [3.8, 4) is 0 Å². The van der Waals surface area contributed by atoms with Crippen molar-refractivity contribution in [1.29, 1.82) is 0 Å². The Balaban J connectivity index is 1.66. The van der Waals surface area contributed by atoms with Crippen molar-refractivity contribution < 1.29 is 4.79 Å². The number of nitrogens with zero attached hydrogens (tertiary/aromatic N) is 4. The van der Waals surface area contributed by atoms with Crippen LogP contribution >= 0.6 is 0 Å². The van der Waals surface area contributed by atoms with Gasteiger partial charge in [-0.05, 0) is 37.1 Å². The predicted molar refractivity (Wildman–Crippen MR) is 83.0 cm³/mol. The second-order valence-electron chi connectivity index (χ2n) is 5.80. The molecule has 1 aromatic carbocycles. The highest BCUT2D eigenvalue weighted by atomic mass is 16.1. The number of carbonyl (C=O) groups is 1. The summed E-state index contributed by atoms with van der Waals surface area (Å²) >= 11 is 0. The molecule has 2 N–H and O–H groups in total. The number of likely N-dealkylation sites (tertiary alicyclic amines) is 1. The molecule has 2 heterocycles. The Kier molecular flexibility index (Phi) is 4.48. The lowest BCUT2D eigenvalue weighted by molar-refractivity contribution is 0.1000. The maximum absolute atomic E-state index is 11.1. The van der Waals surface area contributed by atoms with Crippen molar-refractivity contribution in [2.24, 2.45) is 5.73 Å². The summed E-state index contributed by atoms with van der Waals surface area (Å²) in [6.07, 6.45) is 7.02. The van der Waals surface area contributed by atoms with E-state index in [0.29, 0.717) is 11.6 Å². The number of amides is 1.